The molecule has 0 radical (unpaired) electrons. The number of rotatable bonds is 6. The van der Waals surface area contributed by atoms with Crippen LogP contribution < -0.4 is 10.1 Å². The second-order valence-electron chi connectivity index (χ2n) is 4.96. The van der Waals surface area contributed by atoms with Crippen molar-refractivity contribution in [3.05, 3.63) is 58.6 Å². The van der Waals surface area contributed by atoms with Gasteiger partial charge in [0.15, 0.2) is 0 Å². The molecule has 112 valence electrons. The van der Waals surface area contributed by atoms with Crippen molar-refractivity contribution in [1.29, 1.82) is 0 Å². The van der Waals surface area contributed by atoms with Crippen molar-refractivity contribution in [2.45, 2.75) is 18.9 Å². The SMILES string of the molecule is CCC(CO)(Nc1ccc(OC)cc1)c1cccc(Br)c1. The summed E-state index contributed by atoms with van der Waals surface area (Å²) >= 11 is 3.49. The fraction of sp³-hybridized carbons (Fsp3) is 0.294. The molecular weight excluding hydrogens is 330 g/mol. The van der Waals surface area contributed by atoms with Crippen LogP contribution in [0.2, 0.25) is 0 Å². The predicted molar refractivity (Wildman–Crippen MR) is 89.8 cm³/mol. The number of anilines is 1. The van der Waals surface area contributed by atoms with Crippen LogP contribution in [0.3, 0.4) is 0 Å². The number of methoxy groups -OCH3 is 1. The van der Waals surface area contributed by atoms with Crippen molar-refractivity contribution in [3.8, 4) is 5.75 Å². The molecule has 0 fully saturated rings. The molecule has 0 aliphatic heterocycles. The molecule has 0 spiro atoms. The summed E-state index contributed by atoms with van der Waals surface area (Å²) < 4.78 is 6.17. The molecule has 21 heavy (non-hydrogen) atoms. The van der Waals surface area contributed by atoms with Gasteiger partial charge in [0, 0.05) is 10.2 Å². The Labute approximate surface area is 134 Å². The maximum Gasteiger partial charge on any atom is 0.119 e. The highest BCUT2D eigenvalue weighted by molar-refractivity contribution is 9.10. The van der Waals surface area contributed by atoms with E-state index in [1.165, 1.54) is 0 Å². The standard InChI is InChI=1S/C17H20BrNO2/c1-3-17(12-20,13-5-4-6-14(18)11-13)19-15-7-9-16(21-2)10-8-15/h4-11,19-20H,3,12H2,1-2H3. The van der Waals surface area contributed by atoms with Crippen LogP contribution in [0.1, 0.15) is 18.9 Å². The van der Waals surface area contributed by atoms with Gasteiger partial charge in [-0.25, -0.2) is 0 Å². The lowest BCUT2D eigenvalue weighted by Crippen LogP contribution is -2.38. The van der Waals surface area contributed by atoms with Crippen LogP contribution in [0, 0.1) is 0 Å². The third-order valence-corrected chi connectivity index (χ3v) is 4.22. The molecule has 0 amide bonds. The average Bonchev–Trinajstić information content (AvgIpc) is 2.53. The first-order valence-electron chi connectivity index (χ1n) is 6.92. The predicted octanol–water partition coefficient (Wildman–Crippen LogP) is 4.17. The van der Waals surface area contributed by atoms with Gasteiger partial charge >= 0.3 is 0 Å². The molecular formula is C17H20BrNO2. The van der Waals surface area contributed by atoms with E-state index in [4.69, 9.17) is 4.74 Å². The Morgan fingerprint density at radius 1 is 1.19 bits per heavy atom. The number of hydrogen-bond donors (Lipinski definition) is 2. The van der Waals surface area contributed by atoms with E-state index in [9.17, 15) is 5.11 Å². The average molecular weight is 350 g/mol. The lowest BCUT2D eigenvalue weighted by Gasteiger charge is -2.34. The zero-order valence-corrected chi connectivity index (χ0v) is 13.9. The minimum Gasteiger partial charge on any atom is -0.497 e. The third-order valence-electron chi connectivity index (χ3n) is 3.72. The number of aliphatic hydroxyl groups excluding tert-OH is 1. The molecule has 2 rings (SSSR count). The molecule has 0 aliphatic rings. The highest BCUT2D eigenvalue weighted by Gasteiger charge is 2.29. The summed E-state index contributed by atoms with van der Waals surface area (Å²) in [5.74, 6) is 0.814. The van der Waals surface area contributed by atoms with Gasteiger partial charge in [0.2, 0.25) is 0 Å². The third kappa shape index (κ3) is 3.57. The zero-order valence-electron chi connectivity index (χ0n) is 12.3. The summed E-state index contributed by atoms with van der Waals surface area (Å²) in [5.41, 5.74) is 1.50. The lowest BCUT2D eigenvalue weighted by atomic mass is 9.87. The topological polar surface area (TPSA) is 41.5 Å². The molecule has 2 N–H and O–H groups in total. The molecule has 1 unspecified atom stereocenters. The summed E-state index contributed by atoms with van der Waals surface area (Å²) in [6.45, 7) is 2.08. The fourth-order valence-electron chi connectivity index (χ4n) is 2.34. The Morgan fingerprint density at radius 2 is 1.90 bits per heavy atom. The van der Waals surface area contributed by atoms with E-state index in [-0.39, 0.29) is 6.61 Å². The van der Waals surface area contributed by atoms with Crippen LogP contribution in [-0.4, -0.2) is 18.8 Å². The van der Waals surface area contributed by atoms with Crippen LogP contribution in [0.5, 0.6) is 5.75 Å². The van der Waals surface area contributed by atoms with Crippen molar-refractivity contribution in [1.82, 2.24) is 0 Å². The van der Waals surface area contributed by atoms with E-state index >= 15 is 0 Å². The Kier molecular flexibility index (Phi) is 5.26. The van der Waals surface area contributed by atoms with Crippen LogP contribution in [0.4, 0.5) is 5.69 Å². The van der Waals surface area contributed by atoms with Crippen LogP contribution >= 0.6 is 15.9 Å². The summed E-state index contributed by atoms with van der Waals surface area (Å²) in [6, 6.07) is 15.7. The Balaban J connectivity index is 2.33. The van der Waals surface area contributed by atoms with Crippen molar-refractivity contribution in [2.24, 2.45) is 0 Å². The highest BCUT2D eigenvalue weighted by atomic mass is 79.9. The molecule has 0 bridgehead atoms. The largest absolute Gasteiger partial charge is 0.497 e. The minimum absolute atomic E-state index is 0.0198. The molecule has 0 aromatic heterocycles. The van der Waals surface area contributed by atoms with Crippen LogP contribution in [0.15, 0.2) is 53.0 Å². The summed E-state index contributed by atoms with van der Waals surface area (Å²) in [7, 11) is 1.65. The number of benzene rings is 2. The molecule has 0 heterocycles. The molecule has 0 aliphatic carbocycles. The molecule has 2 aromatic rings. The van der Waals surface area contributed by atoms with Gasteiger partial charge in [-0.15, -0.1) is 0 Å². The number of halogens is 1. The van der Waals surface area contributed by atoms with Gasteiger partial charge in [-0.3, -0.25) is 0 Å². The zero-order chi connectivity index (χ0) is 15.3. The fourth-order valence-corrected chi connectivity index (χ4v) is 2.74. The molecule has 0 saturated carbocycles. The first-order valence-corrected chi connectivity index (χ1v) is 7.72. The van der Waals surface area contributed by atoms with Gasteiger partial charge in [0.1, 0.15) is 5.75 Å². The monoisotopic (exact) mass is 349 g/mol. The second-order valence-corrected chi connectivity index (χ2v) is 5.87. The quantitative estimate of drug-likeness (QED) is 0.822. The molecule has 3 nitrogen and oxygen atoms in total. The van der Waals surface area contributed by atoms with Crippen LogP contribution in [-0.2, 0) is 5.54 Å². The van der Waals surface area contributed by atoms with E-state index in [1.807, 2.05) is 48.5 Å². The van der Waals surface area contributed by atoms with E-state index in [2.05, 4.69) is 28.2 Å². The van der Waals surface area contributed by atoms with E-state index < -0.39 is 5.54 Å². The van der Waals surface area contributed by atoms with Crippen LogP contribution in [0.25, 0.3) is 0 Å². The molecule has 0 saturated heterocycles. The van der Waals surface area contributed by atoms with Crippen molar-refractivity contribution < 1.29 is 9.84 Å². The van der Waals surface area contributed by atoms with Gasteiger partial charge in [-0.2, -0.15) is 0 Å². The Bertz CT molecular complexity index is 580. The van der Waals surface area contributed by atoms with Gasteiger partial charge in [0.25, 0.3) is 0 Å². The first-order chi connectivity index (χ1) is 10.1. The smallest absolute Gasteiger partial charge is 0.119 e. The normalized spacial score (nSPS) is 13.5. The van der Waals surface area contributed by atoms with Gasteiger partial charge in [0.05, 0.1) is 19.3 Å². The second kappa shape index (κ2) is 6.96. The van der Waals surface area contributed by atoms with Crippen molar-refractivity contribution in [2.75, 3.05) is 19.0 Å². The van der Waals surface area contributed by atoms with Crippen molar-refractivity contribution >= 4 is 21.6 Å². The molecule has 1 atom stereocenters. The van der Waals surface area contributed by atoms with E-state index in [0.29, 0.717) is 0 Å². The highest BCUT2D eigenvalue weighted by Crippen LogP contribution is 2.31. The van der Waals surface area contributed by atoms with Gasteiger partial charge in [-0.1, -0.05) is 35.0 Å². The van der Waals surface area contributed by atoms with E-state index in [1.54, 1.807) is 7.11 Å². The Morgan fingerprint density at radius 3 is 2.43 bits per heavy atom. The minimum atomic E-state index is -0.502. The Hall–Kier alpha value is -1.52. The maximum atomic E-state index is 9.98. The summed E-state index contributed by atoms with van der Waals surface area (Å²) in [5, 5.41) is 13.4. The van der Waals surface area contributed by atoms with Gasteiger partial charge < -0.3 is 15.2 Å². The summed E-state index contributed by atoms with van der Waals surface area (Å²) in [4.78, 5) is 0. The van der Waals surface area contributed by atoms with Gasteiger partial charge in [-0.05, 0) is 48.4 Å². The number of nitrogens with one attached hydrogen (secondary N) is 1. The maximum absolute atomic E-state index is 9.98. The lowest BCUT2D eigenvalue weighted by molar-refractivity contribution is 0.207. The number of ether oxygens (including phenoxy) is 1. The first kappa shape index (κ1) is 15.9. The number of hydrogen-bond acceptors (Lipinski definition) is 3. The summed E-state index contributed by atoms with van der Waals surface area (Å²) in [6.07, 6.45) is 0.770. The molecule has 2 aromatic carbocycles. The molecule has 4 heteroatoms. The van der Waals surface area contributed by atoms with E-state index in [0.717, 1.165) is 27.9 Å². The van der Waals surface area contributed by atoms with Crippen molar-refractivity contribution in [3.63, 3.8) is 0 Å². The number of aliphatic hydroxyl groups is 1.